The van der Waals surface area contributed by atoms with Crippen molar-refractivity contribution in [2.24, 2.45) is 7.05 Å². The van der Waals surface area contributed by atoms with Crippen molar-refractivity contribution in [2.75, 3.05) is 0 Å². The molecule has 4 heteroatoms. The Morgan fingerprint density at radius 1 is 1.40 bits per heavy atom. The van der Waals surface area contributed by atoms with Gasteiger partial charge in [0.05, 0.1) is 10.7 Å². The number of hydrogen-bond donors (Lipinski definition) is 1. The maximum Gasteiger partial charge on any atom is 0.134 e. The van der Waals surface area contributed by atoms with Crippen LogP contribution in [0.4, 0.5) is 0 Å². The number of halogens is 1. The second-order valence-corrected chi connectivity index (χ2v) is 3.85. The highest BCUT2D eigenvalue weighted by Crippen LogP contribution is 2.34. The van der Waals surface area contributed by atoms with Crippen LogP contribution in [0.2, 0.25) is 5.02 Å². The molecule has 15 heavy (non-hydrogen) atoms. The lowest BCUT2D eigenvalue weighted by Gasteiger charge is -2.03. The summed E-state index contributed by atoms with van der Waals surface area (Å²) in [6.07, 6.45) is 1.91. The quantitative estimate of drug-likeness (QED) is 0.806. The van der Waals surface area contributed by atoms with E-state index in [9.17, 15) is 5.11 Å². The lowest BCUT2D eigenvalue weighted by molar-refractivity contribution is 0.476. The molecule has 2 rings (SSSR count). The molecule has 2 aromatic rings. The van der Waals surface area contributed by atoms with Crippen LogP contribution in [0.15, 0.2) is 24.4 Å². The Hall–Kier alpha value is -1.48. The summed E-state index contributed by atoms with van der Waals surface area (Å²) in [5.41, 5.74) is 2.60. The number of aryl methyl sites for hydroxylation is 2. The van der Waals surface area contributed by atoms with Crippen LogP contribution in [0, 0.1) is 6.92 Å². The third-order valence-corrected chi connectivity index (χ3v) is 2.64. The molecule has 78 valence electrons. The van der Waals surface area contributed by atoms with Gasteiger partial charge in [-0.3, -0.25) is 4.68 Å². The van der Waals surface area contributed by atoms with E-state index in [4.69, 9.17) is 11.6 Å². The van der Waals surface area contributed by atoms with Crippen molar-refractivity contribution < 1.29 is 5.11 Å². The first kappa shape index (κ1) is 10.1. The number of rotatable bonds is 1. The minimum atomic E-state index is 0.0826. The summed E-state index contributed by atoms with van der Waals surface area (Å²) in [5, 5.41) is 14.1. The second-order valence-electron chi connectivity index (χ2n) is 3.47. The van der Waals surface area contributed by atoms with Crippen molar-refractivity contribution in [3.63, 3.8) is 0 Å². The van der Waals surface area contributed by atoms with Crippen molar-refractivity contribution in [2.45, 2.75) is 6.92 Å². The number of phenolic OH excluding ortho intramolecular Hbond substituents is 1. The van der Waals surface area contributed by atoms with Gasteiger partial charge in [-0.1, -0.05) is 23.7 Å². The topological polar surface area (TPSA) is 38.0 Å². The van der Waals surface area contributed by atoms with Crippen LogP contribution in [0.5, 0.6) is 5.75 Å². The Labute approximate surface area is 92.9 Å². The van der Waals surface area contributed by atoms with Crippen LogP contribution < -0.4 is 0 Å². The van der Waals surface area contributed by atoms with Gasteiger partial charge in [-0.15, -0.1) is 0 Å². The molecule has 0 bridgehead atoms. The van der Waals surface area contributed by atoms with Crippen LogP contribution in [-0.4, -0.2) is 14.9 Å². The van der Waals surface area contributed by atoms with Gasteiger partial charge in [0.2, 0.25) is 0 Å². The molecule has 0 fully saturated rings. The van der Waals surface area contributed by atoms with Crippen LogP contribution in [0.3, 0.4) is 0 Å². The van der Waals surface area contributed by atoms with Crippen LogP contribution >= 0.6 is 11.6 Å². The van der Waals surface area contributed by atoms with Crippen LogP contribution in [0.1, 0.15) is 5.56 Å². The molecule has 3 nitrogen and oxygen atoms in total. The fourth-order valence-corrected chi connectivity index (χ4v) is 1.79. The molecule has 0 saturated heterocycles. The van der Waals surface area contributed by atoms with Gasteiger partial charge in [0.15, 0.2) is 0 Å². The van der Waals surface area contributed by atoms with E-state index in [2.05, 4.69) is 5.10 Å². The number of phenols is 1. The zero-order chi connectivity index (χ0) is 11.0. The molecule has 1 N–H and O–H groups in total. The highest BCUT2D eigenvalue weighted by atomic mass is 35.5. The van der Waals surface area contributed by atoms with E-state index >= 15 is 0 Å². The molecule has 0 amide bonds. The summed E-state index contributed by atoms with van der Waals surface area (Å²) in [6.45, 7) is 1.96. The van der Waals surface area contributed by atoms with E-state index in [1.807, 2.05) is 26.2 Å². The Morgan fingerprint density at radius 3 is 2.73 bits per heavy atom. The van der Waals surface area contributed by atoms with E-state index in [1.54, 1.807) is 16.8 Å². The highest BCUT2D eigenvalue weighted by Gasteiger charge is 2.12. The van der Waals surface area contributed by atoms with Crippen molar-refractivity contribution in [3.05, 3.63) is 35.0 Å². The Bertz CT molecular complexity index is 505. The molecule has 0 unspecified atom stereocenters. The van der Waals surface area contributed by atoms with Gasteiger partial charge in [-0.25, -0.2) is 0 Å². The van der Waals surface area contributed by atoms with Gasteiger partial charge < -0.3 is 5.11 Å². The lowest BCUT2D eigenvalue weighted by atomic mass is 10.1. The van der Waals surface area contributed by atoms with E-state index in [0.29, 0.717) is 5.02 Å². The van der Waals surface area contributed by atoms with E-state index in [-0.39, 0.29) is 5.75 Å². The van der Waals surface area contributed by atoms with Crippen molar-refractivity contribution in [1.29, 1.82) is 0 Å². The molecule has 1 aromatic carbocycles. The molecule has 0 aliphatic carbocycles. The van der Waals surface area contributed by atoms with Gasteiger partial charge in [0.1, 0.15) is 5.75 Å². The fourth-order valence-electron chi connectivity index (χ4n) is 1.58. The zero-order valence-corrected chi connectivity index (χ0v) is 9.28. The first-order valence-corrected chi connectivity index (χ1v) is 4.95. The SMILES string of the molecule is Cc1cn(C)nc1-c1cccc(O)c1Cl. The summed E-state index contributed by atoms with van der Waals surface area (Å²) < 4.78 is 1.73. The van der Waals surface area contributed by atoms with Crippen molar-refractivity contribution in [1.82, 2.24) is 9.78 Å². The Morgan fingerprint density at radius 2 is 2.13 bits per heavy atom. The van der Waals surface area contributed by atoms with Crippen molar-refractivity contribution >= 4 is 11.6 Å². The van der Waals surface area contributed by atoms with Gasteiger partial charge in [0.25, 0.3) is 0 Å². The fraction of sp³-hybridized carbons (Fsp3) is 0.182. The number of benzene rings is 1. The first-order chi connectivity index (χ1) is 7.09. The summed E-state index contributed by atoms with van der Waals surface area (Å²) in [7, 11) is 1.85. The summed E-state index contributed by atoms with van der Waals surface area (Å²) >= 11 is 6.01. The van der Waals surface area contributed by atoms with E-state index < -0.39 is 0 Å². The summed E-state index contributed by atoms with van der Waals surface area (Å²) in [4.78, 5) is 0. The van der Waals surface area contributed by atoms with E-state index in [1.165, 1.54) is 0 Å². The van der Waals surface area contributed by atoms with Gasteiger partial charge in [-0.05, 0) is 18.6 Å². The molecule has 0 aliphatic heterocycles. The molecule has 0 spiro atoms. The van der Waals surface area contributed by atoms with E-state index in [0.717, 1.165) is 16.8 Å². The minimum Gasteiger partial charge on any atom is -0.506 e. The average Bonchev–Trinajstić information content (AvgIpc) is 2.50. The number of hydrogen-bond acceptors (Lipinski definition) is 2. The van der Waals surface area contributed by atoms with Crippen LogP contribution in [0.25, 0.3) is 11.3 Å². The van der Waals surface area contributed by atoms with Gasteiger partial charge in [0, 0.05) is 18.8 Å². The Kier molecular flexibility index (Phi) is 2.40. The zero-order valence-electron chi connectivity index (χ0n) is 8.53. The highest BCUT2D eigenvalue weighted by molar-refractivity contribution is 6.34. The van der Waals surface area contributed by atoms with Gasteiger partial charge in [-0.2, -0.15) is 5.10 Å². The molecule has 1 aromatic heterocycles. The monoisotopic (exact) mass is 222 g/mol. The molecule has 1 heterocycles. The number of aromatic hydroxyl groups is 1. The normalized spacial score (nSPS) is 10.6. The minimum absolute atomic E-state index is 0.0826. The summed E-state index contributed by atoms with van der Waals surface area (Å²) in [6, 6.07) is 5.16. The lowest BCUT2D eigenvalue weighted by Crippen LogP contribution is -1.88. The third-order valence-electron chi connectivity index (χ3n) is 2.25. The number of aromatic nitrogens is 2. The molecule has 0 atom stereocenters. The predicted molar refractivity (Wildman–Crippen MR) is 60.1 cm³/mol. The predicted octanol–water partition coefficient (Wildman–Crippen LogP) is 2.75. The van der Waals surface area contributed by atoms with Crippen molar-refractivity contribution in [3.8, 4) is 17.0 Å². The largest absolute Gasteiger partial charge is 0.506 e. The molecular weight excluding hydrogens is 212 g/mol. The maximum absolute atomic E-state index is 9.49. The smallest absolute Gasteiger partial charge is 0.134 e. The second kappa shape index (κ2) is 3.59. The Balaban J connectivity index is 2.64. The first-order valence-electron chi connectivity index (χ1n) is 4.57. The average molecular weight is 223 g/mol. The number of nitrogens with zero attached hydrogens (tertiary/aromatic N) is 2. The van der Waals surface area contributed by atoms with Crippen LogP contribution in [-0.2, 0) is 7.05 Å². The third kappa shape index (κ3) is 1.70. The maximum atomic E-state index is 9.49. The molecular formula is C11H11ClN2O. The molecule has 0 saturated carbocycles. The standard InChI is InChI=1S/C11H11ClN2O/c1-7-6-14(2)13-11(7)8-4-3-5-9(15)10(8)12/h3-6,15H,1-2H3. The van der Waals surface area contributed by atoms with Gasteiger partial charge >= 0.3 is 0 Å². The summed E-state index contributed by atoms with van der Waals surface area (Å²) in [5.74, 6) is 0.0826. The molecule has 0 aliphatic rings. The molecule has 0 radical (unpaired) electrons.